The average Bonchev–Trinajstić information content (AvgIpc) is 3.06. The Morgan fingerprint density at radius 3 is 1.62 bits per heavy atom. The van der Waals surface area contributed by atoms with Gasteiger partial charge in [0.25, 0.3) is 0 Å². The van der Waals surface area contributed by atoms with Crippen molar-refractivity contribution in [3.8, 4) is 23.0 Å². The predicted octanol–water partition coefficient (Wildman–Crippen LogP) is 4.03. The summed E-state index contributed by atoms with van der Waals surface area (Å²) in [6, 6.07) is 5.71. The average molecular weight is 749 g/mol. The molecule has 2 aromatic carbocycles. The van der Waals surface area contributed by atoms with Crippen molar-refractivity contribution in [3.63, 3.8) is 0 Å². The number of aliphatic hydroxyl groups excluding tert-OH is 1. The van der Waals surface area contributed by atoms with Crippen molar-refractivity contribution >= 4 is 15.2 Å². The molecule has 0 aromatic heterocycles. The molecule has 0 aliphatic carbocycles. The predicted molar refractivity (Wildman–Crippen MR) is 181 cm³/mol. The maximum absolute atomic E-state index is 12.6. The number of ether oxygens (including phenoxy) is 7. The van der Waals surface area contributed by atoms with Gasteiger partial charge in [-0.15, -0.1) is 0 Å². The lowest BCUT2D eigenvalue weighted by atomic mass is 9.99. The normalized spacial score (nSPS) is 22.0. The monoisotopic (exact) mass is 748 g/mol. The fraction of sp³-hybridized carbons (Fsp3) is 0.625. The van der Waals surface area contributed by atoms with Gasteiger partial charge in [-0.25, -0.2) is 0 Å². The van der Waals surface area contributed by atoms with E-state index in [-0.39, 0.29) is 26.3 Å². The summed E-state index contributed by atoms with van der Waals surface area (Å²) in [6.45, 7) is 6.73. The van der Waals surface area contributed by atoms with E-state index in [1.54, 1.807) is 38.1 Å². The Morgan fingerprint density at radius 1 is 0.760 bits per heavy atom. The number of fused-ring (bicyclic) bond motifs is 2. The van der Waals surface area contributed by atoms with Crippen LogP contribution in [0, 0.1) is 0 Å². The minimum atomic E-state index is -4.76. The van der Waals surface area contributed by atoms with E-state index >= 15 is 0 Å². The van der Waals surface area contributed by atoms with Gasteiger partial charge in [-0.3, -0.25) is 18.9 Å². The van der Waals surface area contributed by atoms with Crippen LogP contribution in [0.15, 0.2) is 24.3 Å². The number of benzene rings is 2. The number of nitrogens with zero attached hydrogens (tertiary/aromatic N) is 2. The Kier molecular flexibility index (Phi) is 13.1. The lowest BCUT2D eigenvalue weighted by Crippen LogP contribution is -2.43. The second kappa shape index (κ2) is 16.2. The van der Waals surface area contributed by atoms with E-state index in [1.807, 2.05) is 13.8 Å². The highest BCUT2D eigenvalue weighted by atomic mass is 31.2. The van der Waals surface area contributed by atoms with E-state index in [0.717, 1.165) is 0 Å². The third-order valence-corrected chi connectivity index (χ3v) is 10.5. The summed E-state index contributed by atoms with van der Waals surface area (Å²) in [6.07, 6.45) is -1.70. The molecule has 0 saturated carbocycles. The van der Waals surface area contributed by atoms with Gasteiger partial charge < -0.3 is 57.8 Å². The van der Waals surface area contributed by atoms with Crippen molar-refractivity contribution in [2.75, 3.05) is 53.6 Å². The van der Waals surface area contributed by atoms with E-state index in [9.17, 15) is 33.8 Å². The highest BCUT2D eigenvalue weighted by molar-refractivity contribution is 7.51. The number of aliphatic hydroxyl groups is 1. The molecule has 2 heterocycles. The number of rotatable bonds is 17. The Balaban J connectivity index is 1.78. The van der Waals surface area contributed by atoms with Crippen molar-refractivity contribution in [2.45, 2.75) is 77.6 Å². The molecule has 5 N–H and O–H groups in total. The minimum absolute atomic E-state index is 0.168. The second-order valence-corrected chi connectivity index (χ2v) is 15.9. The second-order valence-electron chi connectivity index (χ2n) is 12.7. The van der Waals surface area contributed by atoms with E-state index in [1.165, 1.54) is 31.1 Å². The van der Waals surface area contributed by atoms with Gasteiger partial charge in [0.1, 0.15) is 41.8 Å². The number of hydrogen-bond donors (Lipinski definition) is 5. The maximum Gasteiger partial charge on any atom is 0.339 e. The van der Waals surface area contributed by atoms with E-state index < -0.39 is 58.2 Å². The van der Waals surface area contributed by atoms with Crippen LogP contribution in [0.25, 0.3) is 0 Å². The molecule has 0 spiro atoms. The maximum atomic E-state index is 12.6. The van der Waals surface area contributed by atoms with Crippen LogP contribution in [0.5, 0.6) is 23.0 Å². The number of hydrogen-bond acceptors (Lipinski definition) is 12. The summed E-state index contributed by atoms with van der Waals surface area (Å²) in [5, 5.41) is 10.8. The Morgan fingerprint density at radius 2 is 1.20 bits per heavy atom. The van der Waals surface area contributed by atoms with Crippen LogP contribution in [-0.2, 0) is 36.6 Å². The van der Waals surface area contributed by atoms with Crippen LogP contribution >= 0.6 is 15.2 Å². The summed E-state index contributed by atoms with van der Waals surface area (Å²) >= 11 is 0. The fourth-order valence-electron chi connectivity index (χ4n) is 6.00. The molecule has 50 heavy (non-hydrogen) atoms. The van der Waals surface area contributed by atoms with Gasteiger partial charge in [-0.1, -0.05) is 13.8 Å². The molecule has 2 aromatic rings. The van der Waals surface area contributed by atoms with E-state index in [2.05, 4.69) is 0 Å². The Bertz CT molecular complexity index is 1470. The van der Waals surface area contributed by atoms with Gasteiger partial charge in [0.05, 0.1) is 40.1 Å². The first-order chi connectivity index (χ1) is 23.4. The molecule has 4 rings (SSSR count). The highest BCUT2D eigenvalue weighted by Gasteiger charge is 2.39. The Hall–Kier alpha value is -2.30. The highest BCUT2D eigenvalue weighted by Crippen LogP contribution is 2.47. The summed E-state index contributed by atoms with van der Waals surface area (Å²) in [7, 11) is -5.18. The van der Waals surface area contributed by atoms with Crippen LogP contribution in [0.4, 0.5) is 0 Å². The lowest BCUT2D eigenvalue weighted by Gasteiger charge is -2.40. The van der Waals surface area contributed by atoms with E-state index in [4.69, 9.17) is 33.2 Å². The smallest absolute Gasteiger partial charge is 0.339 e. The van der Waals surface area contributed by atoms with Crippen molar-refractivity contribution in [2.24, 2.45) is 0 Å². The molecule has 18 heteroatoms. The molecule has 0 bridgehead atoms. The molecule has 0 radical (unpaired) electrons. The molecular formula is C32H50N2O14P2. The molecule has 2 aliphatic rings. The first-order valence-electron chi connectivity index (χ1n) is 16.2. The summed E-state index contributed by atoms with van der Waals surface area (Å²) in [5.41, 5.74) is 2.07. The molecule has 4 unspecified atom stereocenters. The molecule has 0 amide bonds. The summed E-state index contributed by atoms with van der Waals surface area (Å²) in [4.78, 5) is 43.5. The van der Waals surface area contributed by atoms with Crippen molar-refractivity contribution < 1.29 is 67.0 Å². The van der Waals surface area contributed by atoms with Gasteiger partial charge in [-0.2, -0.15) is 0 Å². The molecule has 0 saturated heterocycles. The molecule has 2 aliphatic heterocycles. The fourth-order valence-corrected chi connectivity index (χ4v) is 7.57. The van der Waals surface area contributed by atoms with E-state index in [0.29, 0.717) is 58.1 Å². The third-order valence-electron chi connectivity index (χ3n) is 8.99. The van der Waals surface area contributed by atoms with Crippen molar-refractivity contribution in [3.05, 3.63) is 46.5 Å². The summed E-state index contributed by atoms with van der Waals surface area (Å²) < 4.78 is 66.5. The molecule has 16 nitrogen and oxygen atoms in total. The molecule has 0 fully saturated rings. The standard InChI is InChI=1S/C32H50N2O14P2/c1-8-31(3)45-17-21-12-23(42-5)14-25(28(21)47-31)27(16-35)33(19-49(36,37)38)10-11-34(20-50(39,40)41)30(44-7)26-15-24(43-6)13-22-18-46-32(4,9-2)48-29(22)26/h12-15,27,30,35H,8-11,16-20H2,1-7H3,(H2,36,37,38)(H2,39,40,41). The van der Waals surface area contributed by atoms with Gasteiger partial charge in [0.2, 0.25) is 11.6 Å². The zero-order valence-corrected chi connectivity index (χ0v) is 31.3. The molecular weight excluding hydrogens is 698 g/mol. The topological polar surface area (TPSA) is 206 Å². The van der Waals surface area contributed by atoms with Crippen LogP contribution in [0.2, 0.25) is 0 Å². The molecule has 4 atom stereocenters. The van der Waals surface area contributed by atoms with Gasteiger partial charge in [0, 0.05) is 69.1 Å². The van der Waals surface area contributed by atoms with Crippen LogP contribution < -0.4 is 18.9 Å². The quantitative estimate of drug-likeness (QED) is 0.114. The number of methoxy groups -OCH3 is 3. The summed E-state index contributed by atoms with van der Waals surface area (Å²) in [5.74, 6) is -0.334. The minimum Gasteiger partial charge on any atom is -0.497 e. The zero-order valence-electron chi connectivity index (χ0n) is 29.5. The van der Waals surface area contributed by atoms with Gasteiger partial charge in [-0.05, 0) is 24.3 Å². The third kappa shape index (κ3) is 9.77. The van der Waals surface area contributed by atoms with Crippen LogP contribution in [0.3, 0.4) is 0 Å². The van der Waals surface area contributed by atoms with Crippen molar-refractivity contribution in [1.29, 1.82) is 0 Å². The van der Waals surface area contributed by atoms with Gasteiger partial charge in [0.15, 0.2) is 0 Å². The van der Waals surface area contributed by atoms with Crippen molar-refractivity contribution in [1.82, 2.24) is 9.80 Å². The lowest BCUT2D eigenvalue weighted by molar-refractivity contribution is -0.196. The largest absolute Gasteiger partial charge is 0.497 e. The zero-order chi connectivity index (χ0) is 37.1. The Labute approximate surface area is 292 Å². The SMILES string of the molecule is CCC1(C)OCc2cc(OC)cc(C(CO)N(CCN(CP(=O)(O)O)C(OC)c3cc(OC)cc4c3OC(C)(CC)OC4)CP(=O)(O)O)c2O1. The molecule has 282 valence electrons. The van der Waals surface area contributed by atoms with Crippen LogP contribution in [0.1, 0.15) is 75.1 Å². The van der Waals surface area contributed by atoms with Gasteiger partial charge >= 0.3 is 15.2 Å². The first-order valence-corrected chi connectivity index (χ1v) is 19.8. The first kappa shape index (κ1) is 40.5. The van der Waals surface area contributed by atoms with Crippen LogP contribution in [-0.4, -0.2) is 99.7 Å².